The first-order valence-electron chi connectivity index (χ1n) is 11.5. The lowest BCUT2D eigenvalue weighted by Crippen LogP contribution is -2.45. The molecule has 2 aromatic carbocycles. The maximum Gasteiger partial charge on any atom is 0.273 e. The van der Waals surface area contributed by atoms with E-state index in [0.29, 0.717) is 35.2 Å². The van der Waals surface area contributed by atoms with Gasteiger partial charge in [0.2, 0.25) is 5.91 Å². The van der Waals surface area contributed by atoms with E-state index in [1.54, 1.807) is 48.5 Å². The van der Waals surface area contributed by atoms with Crippen LogP contribution in [0.25, 0.3) is 0 Å². The number of carbonyl (C=O) groups is 3. The number of primary amides is 1. The van der Waals surface area contributed by atoms with Crippen molar-refractivity contribution in [2.75, 3.05) is 30.9 Å². The van der Waals surface area contributed by atoms with Gasteiger partial charge in [0.25, 0.3) is 11.8 Å². The van der Waals surface area contributed by atoms with E-state index in [1.807, 2.05) is 0 Å². The number of nitrogens with zero attached hydrogens (tertiary/aromatic N) is 2. The lowest BCUT2D eigenvalue weighted by Gasteiger charge is -2.31. The molecule has 37 heavy (non-hydrogen) atoms. The molecule has 3 amide bonds. The molecule has 0 unspecified atom stereocenters. The van der Waals surface area contributed by atoms with E-state index in [4.69, 9.17) is 32.5 Å². The van der Waals surface area contributed by atoms with Gasteiger partial charge in [-0.2, -0.15) is 4.37 Å². The van der Waals surface area contributed by atoms with Crippen molar-refractivity contribution in [2.45, 2.75) is 25.0 Å². The van der Waals surface area contributed by atoms with Crippen LogP contribution in [-0.2, 0) is 9.53 Å². The predicted octanol–water partition coefficient (Wildman–Crippen LogP) is 3.17. The summed E-state index contributed by atoms with van der Waals surface area (Å²) >= 11 is 6.85. The Kier molecular flexibility index (Phi) is 8.27. The molecule has 1 aliphatic rings. The number of hydrogen-bond acceptors (Lipinski definition) is 8. The second-order valence-electron chi connectivity index (χ2n) is 8.35. The van der Waals surface area contributed by atoms with Crippen molar-refractivity contribution in [3.8, 4) is 5.75 Å². The molecule has 1 aliphatic heterocycles. The first-order chi connectivity index (χ1) is 17.8. The first kappa shape index (κ1) is 26.4. The average Bonchev–Trinajstić information content (AvgIpc) is 3.56. The Bertz CT molecular complexity index is 1280. The van der Waals surface area contributed by atoms with Crippen LogP contribution >= 0.6 is 23.1 Å². The van der Waals surface area contributed by atoms with Gasteiger partial charge < -0.3 is 26.3 Å². The van der Waals surface area contributed by atoms with Gasteiger partial charge in [-0.1, -0.05) is 23.7 Å². The van der Waals surface area contributed by atoms with Crippen LogP contribution in [0.2, 0.25) is 5.02 Å². The number of anilines is 2. The molecule has 0 radical (unpaired) electrons. The highest BCUT2D eigenvalue weighted by atomic mass is 35.5. The van der Waals surface area contributed by atoms with E-state index >= 15 is 0 Å². The molecule has 0 bridgehead atoms. The Balaban J connectivity index is 1.80. The normalized spacial score (nSPS) is 15.7. The number of carbonyl (C=O) groups excluding carboxylic acids is 3. The Morgan fingerprint density at radius 2 is 1.92 bits per heavy atom. The van der Waals surface area contributed by atoms with Crippen LogP contribution in [0.3, 0.4) is 0 Å². The molecule has 2 heterocycles. The molecule has 0 aliphatic carbocycles. The Hall–Kier alpha value is -3.67. The first-order valence-corrected chi connectivity index (χ1v) is 12.6. The summed E-state index contributed by atoms with van der Waals surface area (Å²) in [4.78, 5) is 40.8. The van der Waals surface area contributed by atoms with Gasteiger partial charge in [0.1, 0.15) is 16.7 Å². The molecule has 0 spiro atoms. The topological polar surface area (TPSA) is 150 Å². The zero-order valence-electron chi connectivity index (χ0n) is 20.0. The van der Waals surface area contributed by atoms with Crippen molar-refractivity contribution in [1.29, 1.82) is 0 Å². The van der Waals surface area contributed by atoms with E-state index in [0.717, 1.165) is 24.4 Å². The third kappa shape index (κ3) is 5.85. The number of benzene rings is 2. The average molecular weight is 544 g/mol. The molecule has 5 N–H and O–H groups in total. The van der Waals surface area contributed by atoms with Crippen LogP contribution in [0.1, 0.15) is 44.6 Å². The van der Waals surface area contributed by atoms with Crippen molar-refractivity contribution < 1.29 is 23.9 Å². The Labute approximate surface area is 222 Å². The molecule has 0 saturated carbocycles. The minimum Gasteiger partial charge on any atom is -0.497 e. The molecule has 3 aromatic rings. The summed E-state index contributed by atoms with van der Waals surface area (Å²) in [5, 5.41) is 3.40. The molecule has 12 heteroatoms. The molecule has 194 valence electrons. The van der Waals surface area contributed by atoms with Crippen LogP contribution in [0.4, 0.5) is 11.4 Å². The molecule has 1 saturated heterocycles. The predicted molar refractivity (Wildman–Crippen MR) is 141 cm³/mol. The van der Waals surface area contributed by atoms with Crippen molar-refractivity contribution in [3.05, 3.63) is 69.7 Å². The number of nitrogens with two attached hydrogens (primary N) is 2. The summed E-state index contributed by atoms with van der Waals surface area (Å²) in [5.41, 5.74) is 12.0. The second kappa shape index (κ2) is 11.6. The van der Waals surface area contributed by atoms with E-state index in [9.17, 15) is 14.4 Å². The molecular weight excluding hydrogens is 518 g/mol. The van der Waals surface area contributed by atoms with Gasteiger partial charge in [0, 0.05) is 23.9 Å². The summed E-state index contributed by atoms with van der Waals surface area (Å²) in [6.07, 6.45) is 1.65. The maximum absolute atomic E-state index is 14.0. The van der Waals surface area contributed by atoms with Gasteiger partial charge in [-0.3, -0.25) is 19.3 Å². The summed E-state index contributed by atoms with van der Waals surface area (Å²) < 4.78 is 14.8. The zero-order valence-corrected chi connectivity index (χ0v) is 21.6. The summed E-state index contributed by atoms with van der Waals surface area (Å²) in [6.45, 7) is 0.937. The van der Waals surface area contributed by atoms with Gasteiger partial charge in [-0.15, -0.1) is 0 Å². The number of amides is 3. The van der Waals surface area contributed by atoms with Crippen LogP contribution in [-0.4, -0.2) is 48.5 Å². The van der Waals surface area contributed by atoms with Crippen LogP contribution in [0.15, 0.2) is 48.5 Å². The monoisotopic (exact) mass is 543 g/mol. The number of methoxy groups -OCH3 is 1. The highest BCUT2D eigenvalue weighted by Gasteiger charge is 2.36. The van der Waals surface area contributed by atoms with Gasteiger partial charge in [-0.05, 0) is 66.3 Å². The summed E-state index contributed by atoms with van der Waals surface area (Å²) in [6, 6.07) is 12.2. The molecule has 10 nitrogen and oxygen atoms in total. The van der Waals surface area contributed by atoms with Crippen LogP contribution < -0.4 is 26.4 Å². The minimum absolute atomic E-state index is 0.0180. The zero-order chi connectivity index (χ0) is 26.5. The van der Waals surface area contributed by atoms with Crippen molar-refractivity contribution >= 4 is 52.2 Å². The Morgan fingerprint density at radius 1 is 1.22 bits per heavy atom. The van der Waals surface area contributed by atoms with Gasteiger partial charge in [0.15, 0.2) is 5.69 Å². The maximum atomic E-state index is 14.0. The van der Waals surface area contributed by atoms with Crippen LogP contribution in [0, 0.1) is 0 Å². The third-order valence-electron chi connectivity index (χ3n) is 5.95. The number of halogens is 1. The fraction of sp³-hybridized carbons (Fsp3) is 0.280. The lowest BCUT2D eigenvalue weighted by molar-refractivity contribution is -0.123. The highest BCUT2D eigenvalue weighted by molar-refractivity contribution is 7.09. The van der Waals surface area contributed by atoms with Gasteiger partial charge in [-0.25, -0.2) is 0 Å². The largest absolute Gasteiger partial charge is 0.497 e. The smallest absolute Gasteiger partial charge is 0.273 e. The molecule has 1 aromatic heterocycles. The quantitative estimate of drug-likeness (QED) is 0.375. The van der Waals surface area contributed by atoms with Crippen molar-refractivity contribution in [3.63, 3.8) is 0 Å². The number of nitrogens with one attached hydrogen (secondary N) is 1. The molecule has 1 fully saturated rings. The standard InChI is InChI=1S/C25H26ClN5O5S/c1-35-17-10-8-16(9-11-17)31(25(34)22-19(27)20(23(28)32)30-37-22)21(14-4-6-15(26)7-5-14)24(33)29-13-18-3-2-12-36-18/h4-11,18,21H,2-3,12-13,27H2,1H3,(H2,28,32)(H,29,33)/t18-,21+/m0/s1. The summed E-state index contributed by atoms with van der Waals surface area (Å²) in [7, 11) is 1.52. The minimum atomic E-state index is -1.11. The number of ether oxygens (including phenoxy) is 2. The van der Waals surface area contributed by atoms with E-state index in [-0.39, 0.29) is 22.4 Å². The van der Waals surface area contributed by atoms with E-state index in [1.165, 1.54) is 12.0 Å². The molecule has 4 rings (SSSR count). The molecular formula is C25H26ClN5O5S. The fourth-order valence-electron chi connectivity index (χ4n) is 4.04. The fourth-order valence-corrected chi connectivity index (χ4v) is 4.91. The van der Waals surface area contributed by atoms with Crippen molar-refractivity contribution in [1.82, 2.24) is 9.69 Å². The second-order valence-corrected chi connectivity index (χ2v) is 9.56. The van der Waals surface area contributed by atoms with E-state index in [2.05, 4.69) is 9.69 Å². The Morgan fingerprint density at radius 3 is 2.49 bits per heavy atom. The van der Waals surface area contributed by atoms with Crippen LogP contribution in [0.5, 0.6) is 5.75 Å². The lowest BCUT2D eigenvalue weighted by atomic mass is 10.0. The number of nitrogen functional groups attached to an aromatic ring is 1. The highest BCUT2D eigenvalue weighted by Crippen LogP contribution is 2.34. The van der Waals surface area contributed by atoms with Gasteiger partial charge in [0.05, 0.1) is 18.9 Å². The third-order valence-corrected chi connectivity index (χ3v) is 7.05. The van der Waals surface area contributed by atoms with Gasteiger partial charge >= 0.3 is 0 Å². The van der Waals surface area contributed by atoms with Crippen molar-refractivity contribution in [2.24, 2.45) is 5.73 Å². The number of hydrogen-bond donors (Lipinski definition) is 3. The number of rotatable bonds is 9. The van der Waals surface area contributed by atoms with E-state index < -0.39 is 23.8 Å². The SMILES string of the molecule is COc1ccc(N(C(=O)c2snc(C(N)=O)c2N)[C@@H](C(=O)NC[C@@H]2CCCO2)c2ccc(Cl)cc2)cc1. The summed E-state index contributed by atoms with van der Waals surface area (Å²) in [5.74, 6) is -1.34. The molecule has 2 atom stereocenters. The number of aromatic nitrogens is 1.